The Morgan fingerprint density at radius 3 is 2.42 bits per heavy atom. The van der Waals surface area contributed by atoms with Gasteiger partial charge in [0.05, 0.1) is 11.6 Å². The van der Waals surface area contributed by atoms with Gasteiger partial charge < -0.3 is 9.67 Å². The summed E-state index contributed by atoms with van der Waals surface area (Å²) in [6.45, 7) is 7.47. The van der Waals surface area contributed by atoms with Gasteiger partial charge in [-0.3, -0.25) is 4.90 Å². The number of halogens is 1. The average molecular weight is 354 g/mol. The highest BCUT2D eigenvalue weighted by molar-refractivity contribution is 5.83. The minimum absolute atomic E-state index is 0.329. The van der Waals surface area contributed by atoms with Crippen molar-refractivity contribution in [2.75, 3.05) is 0 Å². The van der Waals surface area contributed by atoms with Gasteiger partial charge in [-0.25, -0.2) is 9.18 Å². The molecule has 1 heterocycles. The first-order valence-corrected chi connectivity index (χ1v) is 8.59. The molecule has 1 unspecified atom stereocenters. The van der Waals surface area contributed by atoms with Crippen LogP contribution in [0.25, 0.3) is 16.6 Å². The minimum atomic E-state index is -0.985. The second kappa shape index (κ2) is 6.48. The molecule has 0 aliphatic heterocycles. The molecule has 0 aliphatic rings. The van der Waals surface area contributed by atoms with Crippen LogP contribution in [0.5, 0.6) is 0 Å². The van der Waals surface area contributed by atoms with E-state index in [0.29, 0.717) is 5.69 Å². The molecule has 1 aromatic heterocycles. The smallest absolute Gasteiger partial charge is 0.408 e. The van der Waals surface area contributed by atoms with Crippen LogP contribution in [0.15, 0.2) is 54.6 Å². The van der Waals surface area contributed by atoms with Gasteiger partial charge in [-0.15, -0.1) is 0 Å². The third-order valence-corrected chi connectivity index (χ3v) is 4.55. The number of carboxylic acid groups (broad SMARTS) is 1. The first-order chi connectivity index (χ1) is 12.2. The van der Waals surface area contributed by atoms with E-state index in [1.807, 2.05) is 68.7 Å². The summed E-state index contributed by atoms with van der Waals surface area (Å²) in [6, 6.07) is 15.7. The van der Waals surface area contributed by atoms with Crippen molar-refractivity contribution in [1.82, 2.24) is 9.47 Å². The van der Waals surface area contributed by atoms with E-state index in [0.717, 1.165) is 16.6 Å². The molecule has 0 fully saturated rings. The van der Waals surface area contributed by atoms with Gasteiger partial charge in [-0.2, -0.15) is 0 Å². The summed E-state index contributed by atoms with van der Waals surface area (Å²) in [5.41, 5.74) is 1.81. The Kier molecular flexibility index (Phi) is 4.48. The number of hydrogen-bond acceptors (Lipinski definition) is 1. The van der Waals surface area contributed by atoms with E-state index in [9.17, 15) is 14.3 Å². The maximum Gasteiger partial charge on any atom is 0.408 e. The zero-order valence-electron chi connectivity index (χ0n) is 15.4. The Hall–Kier alpha value is -2.82. The highest BCUT2D eigenvalue weighted by Crippen LogP contribution is 2.34. The van der Waals surface area contributed by atoms with Crippen molar-refractivity contribution in [3.8, 4) is 5.69 Å². The number of nitrogens with zero attached hydrogens (tertiary/aromatic N) is 2. The molecule has 26 heavy (non-hydrogen) atoms. The van der Waals surface area contributed by atoms with Crippen LogP contribution in [-0.2, 0) is 0 Å². The van der Waals surface area contributed by atoms with Crippen LogP contribution >= 0.6 is 0 Å². The quantitative estimate of drug-likeness (QED) is 0.664. The van der Waals surface area contributed by atoms with Crippen LogP contribution in [0.2, 0.25) is 0 Å². The lowest BCUT2D eigenvalue weighted by Gasteiger charge is -2.38. The van der Waals surface area contributed by atoms with Crippen molar-refractivity contribution in [2.24, 2.45) is 0 Å². The molecule has 0 bridgehead atoms. The topological polar surface area (TPSA) is 45.5 Å². The lowest BCUT2D eigenvalue weighted by molar-refractivity contribution is 0.0737. The van der Waals surface area contributed by atoms with Crippen molar-refractivity contribution in [3.05, 3.63) is 66.1 Å². The van der Waals surface area contributed by atoms with Crippen molar-refractivity contribution >= 4 is 17.0 Å². The predicted molar refractivity (Wildman–Crippen MR) is 101 cm³/mol. The molecule has 0 saturated carbocycles. The molecule has 1 N–H and O–H groups in total. The lowest BCUT2D eigenvalue weighted by atomic mass is 10.0. The number of fused-ring (bicyclic) bond motifs is 1. The van der Waals surface area contributed by atoms with E-state index in [4.69, 9.17) is 0 Å². The largest absolute Gasteiger partial charge is 0.465 e. The van der Waals surface area contributed by atoms with Crippen LogP contribution in [0.3, 0.4) is 0 Å². The van der Waals surface area contributed by atoms with E-state index in [2.05, 4.69) is 0 Å². The van der Waals surface area contributed by atoms with E-state index in [1.165, 1.54) is 17.0 Å². The summed E-state index contributed by atoms with van der Waals surface area (Å²) in [5.74, 6) is -0.329. The number of para-hydroxylation sites is 1. The number of carbonyl (C=O) groups is 1. The van der Waals surface area contributed by atoms with Crippen LogP contribution in [0, 0.1) is 5.82 Å². The van der Waals surface area contributed by atoms with Gasteiger partial charge in [0.2, 0.25) is 0 Å². The second-order valence-electron chi connectivity index (χ2n) is 7.44. The normalized spacial score (nSPS) is 13.0. The molecule has 0 spiro atoms. The van der Waals surface area contributed by atoms with Crippen LogP contribution in [-0.4, -0.2) is 26.2 Å². The number of rotatable bonds is 3. The van der Waals surface area contributed by atoms with E-state index < -0.39 is 17.7 Å². The number of hydrogen-bond donors (Lipinski definition) is 1. The van der Waals surface area contributed by atoms with Crippen molar-refractivity contribution in [3.63, 3.8) is 0 Å². The molecule has 136 valence electrons. The minimum Gasteiger partial charge on any atom is -0.465 e. The lowest BCUT2D eigenvalue weighted by Crippen LogP contribution is -2.46. The number of aromatic nitrogens is 1. The third-order valence-electron chi connectivity index (χ3n) is 4.55. The fourth-order valence-corrected chi connectivity index (χ4v) is 3.55. The molecular formula is C21H23FN2O2. The van der Waals surface area contributed by atoms with Gasteiger partial charge in [0.25, 0.3) is 0 Å². The van der Waals surface area contributed by atoms with Crippen molar-refractivity contribution in [1.29, 1.82) is 0 Å². The molecule has 1 atom stereocenters. The monoisotopic (exact) mass is 354 g/mol. The molecule has 0 radical (unpaired) electrons. The average Bonchev–Trinajstić information content (AvgIpc) is 2.92. The summed E-state index contributed by atoms with van der Waals surface area (Å²) in [5, 5.41) is 10.8. The second-order valence-corrected chi connectivity index (χ2v) is 7.44. The van der Waals surface area contributed by atoms with E-state index >= 15 is 0 Å². The molecule has 1 amide bonds. The Morgan fingerprint density at radius 1 is 1.12 bits per heavy atom. The predicted octanol–water partition coefficient (Wildman–Crippen LogP) is 5.61. The molecule has 2 aromatic carbocycles. The fourth-order valence-electron chi connectivity index (χ4n) is 3.55. The zero-order chi connectivity index (χ0) is 19.1. The summed E-state index contributed by atoms with van der Waals surface area (Å²) >= 11 is 0. The Labute approximate surface area is 152 Å². The van der Waals surface area contributed by atoms with E-state index in [1.54, 1.807) is 6.07 Å². The first-order valence-electron chi connectivity index (χ1n) is 8.59. The molecule has 5 heteroatoms. The summed E-state index contributed by atoms with van der Waals surface area (Å²) < 4.78 is 15.8. The molecule has 0 saturated heterocycles. The Morgan fingerprint density at radius 2 is 1.81 bits per heavy atom. The standard InChI is InChI=1S/C21H23FN2O2/c1-14(24(20(25)26)21(2,3)4)19-12-15-8-5-6-11-18(15)23(19)17-10-7-9-16(22)13-17/h5-14H,1-4H3,(H,25,26). The van der Waals surface area contributed by atoms with E-state index in [-0.39, 0.29) is 5.82 Å². The SMILES string of the molecule is CC(c1cc2ccccc2n1-c1cccc(F)c1)N(C(=O)O)C(C)(C)C. The molecule has 0 aliphatic carbocycles. The van der Waals surface area contributed by atoms with Crippen LogP contribution in [0.4, 0.5) is 9.18 Å². The van der Waals surface area contributed by atoms with Gasteiger partial charge in [0, 0.05) is 22.3 Å². The van der Waals surface area contributed by atoms with Gasteiger partial charge in [0.1, 0.15) is 5.82 Å². The number of amides is 1. The Bertz CT molecular complexity index is 956. The van der Waals surface area contributed by atoms with Gasteiger partial charge in [0.15, 0.2) is 0 Å². The fraction of sp³-hybridized carbons (Fsp3) is 0.286. The van der Waals surface area contributed by atoms with Gasteiger partial charge >= 0.3 is 6.09 Å². The van der Waals surface area contributed by atoms with Gasteiger partial charge in [-0.05, 0) is 58.0 Å². The molecule has 3 rings (SSSR count). The molecule has 3 aromatic rings. The van der Waals surface area contributed by atoms with Crippen molar-refractivity contribution in [2.45, 2.75) is 39.3 Å². The maximum absolute atomic E-state index is 13.9. The summed E-state index contributed by atoms with van der Waals surface area (Å²) in [7, 11) is 0. The van der Waals surface area contributed by atoms with Crippen LogP contribution in [0.1, 0.15) is 39.4 Å². The maximum atomic E-state index is 13.9. The zero-order valence-corrected chi connectivity index (χ0v) is 15.4. The van der Waals surface area contributed by atoms with Gasteiger partial charge in [-0.1, -0.05) is 24.3 Å². The highest BCUT2D eigenvalue weighted by atomic mass is 19.1. The summed E-state index contributed by atoms with van der Waals surface area (Å²) in [6.07, 6.45) is -0.985. The Balaban J connectivity index is 2.26. The molecule has 4 nitrogen and oxygen atoms in total. The van der Waals surface area contributed by atoms with Crippen molar-refractivity contribution < 1.29 is 14.3 Å². The van der Waals surface area contributed by atoms with Crippen LogP contribution < -0.4 is 0 Å². The third kappa shape index (κ3) is 3.17. The number of benzene rings is 2. The first kappa shape index (κ1) is 18.0. The molecular weight excluding hydrogens is 331 g/mol. The summed E-state index contributed by atoms with van der Waals surface area (Å²) in [4.78, 5) is 13.4. The highest BCUT2D eigenvalue weighted by Gasteiger charge is 2.33.